The molecule has 0 bridgehead atoms. The maximum atomic E-state index is 15.1. The van der Waals surface area contributed by atoms with Gasteiger partial charge in [0, 0.05) is 42.0 Å². The predicted octanol–water partition coefficient (Wildman–Crippen LogP) is 4.06. The van der Waals surface area contributed by atoms with Gasteiger partial charge in [-0.05, 0) is 37.3 Å². The van der Waals surface area contributed by atoms with Crippen molar-refractivity contribution in [2.45, 2.75) is 25.6 Å². The van der Waals surface area contributed by atoms with Gasteiger partial charge in [0.15, 0.2) is 17.2 Å². The van der Waals surface area contributed by atoms with Crippen molar-refractivity contribution in [1.29, 1.82) is 0 Å². The van der Waals surface area contributed by atoms with Gasteiger partial charge in [-0.15, -0.1) is 0 Å². The number of aliphatic hydroxyl groups excluding tert-OH is 1. The first-order chi connectivity index (χ1) is 18.4. The van der Waals surface area contributed by atoms with Crippen LogP contribution in [0.25, 0.3) is 11.0 Å². The largest absolute Gasteiger partial charge is 0.395 e. The van der Waals surface area contributed by atoms with Crippen molar-refractivity contribution < 1.29 is 23.8 Å². The van der Waals surface area contributed by atoms with Gasteiger partial charge in [0.05, 0.1) is 17.6 Å². The van der Waals surface area contributed by atoms with Crippen LogP contribution in [0.3, 0.4) is 0 Å². The number of rotatable bonds is 8. The van der Waals surface area contributed by atoms with Gasteiger partial charge in [-0.3, -0.25) is 9.48 Å². The number of carbonyl (C=O) groups is 1. The van der Waals surface area contributed by atoms with E-state index in [2.05, 4.69) is 15.4 Å². The van der Waals surface area contributed by atoms with Gasteiger partial charge in [-0.2, -0.15) is 5.10 Å². The van der Waals surface area contributed by atoms with E-state index in [1.165, 1.54) is 53.1 Å². The van der Waals surface area contributed by atoms with E-state index in [1.54, 1.807) is 35.1 Å². The normalized spacial score (nSPS) is 11.7. The van der Waals surface area contributed by atoms with Crippen LogP contribution in [0.4, 0.5) is 14.6 Å². The van der Waals surface area contributed by atoms with E-state index in [9.17, 15) is 15.0 Å². The van der Waals surface area contributed by atoms with Gasteiger partial charge in [0.1, 0.15) is 11.6 Å². The molecule has 194 valence electrons. The standard InChI is InChI=1S/C28H25F2N5O3/c1-2-34-14-13-25(33-34)32-26(37)18-11-12-23-24(17-18)35(15-16-36)27(31-23)28(38,19-7-3-5-9-21(19)29)20-8-4-6-10-22(20)30/h3-14,17,36,38H,2,15-16H2,1H3,(H,32,33,37). The van der Waals surface area contributed by atoms with Gasteiger partial charge < -0.3 is 20.1 Å². The zero-order valence-corrected chi connectivity index (χ0v) is 20.5. The van der Waals surface area contributed by atoms with Gasteiger partial charge in [-0.25, -0.2) is 13.8 Å². The Morgan fingerprint density at radius 3 is 2.24 bits per heavy atom. The summed E-state index contributed by atoms with van der Waals surface area (Å²) in [6.07, 6.45) is 1.74. The summed E-state index contributed by atoms with van der Waals surface area (Å²) < 4.78 is 33.4. The number of aromatic nitrogens is 4. The van der Waals surface area contributed by atoms with Crippen LogP contribution in [0.1, 0.15) is 34.2 Å². The Kier molecular flexibility index (Phi) is 6.75. The van der Waals surface area contributed by atoms with Crippen molar-refractivity contribution in [1.82, 2.24) is 19.3 Å². The molecule has 0 radical (unpaired) electrons. The summed E-state index contributed by atoms with van der Waals surface area (Å²) in [6.45, 7) is 2.17. The lowest BCUT2D eigenvalue weighted by Gasteiger charge is -2.30. The molecule has 5 rings (SSSR count). The fraction of sp³-hybridized carbons (Fsp3) is 0.179. The zero-order valence-electron chi connectivity index (χ0n) is 20.5. The molecule has 3 N–H and O–H groups in total. The number of nitrogens with one attached hydrogen (secondary N) is 1. The monoisotopic (exact) mass is 517 g/mol. The second kappa shape index (κ2) is 10.2. The number of nitrogens with zero attached hydrogens (tertiary/aromatic N) is 4. The highest BCUT2D eigenvalue weighted by Gasteiger charge is 2.43. The summed E-state index contributed by atoms with van der Waals surface area (Å²) in [4.78, 5) is 17.5. The number of fused-ring (bicyclic) bond motifs is 1. The lowest BCUT2D eigenvalue weighted by molar-refractivity contribution is 0.101. The van der Waals surface area contributed by atoms with Crippen molar-refractivity contribution in [3.05, 3.63) is 113 Å². The Hall–Kier alpha value is -4.41. The van der Waals surface area contributed by atoms with Gasteiger partial charge in [-0.1, -0.05) is 36.4 Å². The van der Waals surface area contributed by atoms with Crippen LogP contribution >= 0.6 is 0 Å². The number of halogens is 2. The average Bonchev–Trinajstić information content (AvgIpc) is 3.53. The lowest BCUT2D eigenvalue weighted by atomic mass is 9.84. The quantitative estimate of drug-likeness (QED) is 0.288. The molecule has 1 amide bonds. The van der Waals surface area contributed by atoms with E-state index in [-0.39, 0.29) is 35.7 Å². The molecule has 38 heavy (non-hydrogen) atoms. The Morgan fingerprint density at radius 2 is 1.66 bits per heavy atom. The number of aryl methyl sites for hydroxylation is 1. The summed E-state index contributed by atoms with van der Waals surface area (Å²) in [5.41, 5.74) is -1.72. The third-order valence-electron chi connectivity index (χ3n) is 6.39. The topological polar surface area (TPSA) is 105 Å². The highest BCUT2D eigenvalue weighted by atomic mass is 19.1. The highest BCUT2D eigenvalue weighted by molar-refractivity contribution is 6.05. The molecular weight excluding hydrogens is 492 g/mol. The number of carbonyl (C=O) groups excluding carboxylic acids is 1. The number of hydrogen-bond acceptors (Lipinski definition) is 5. The molecular formula is C28H25F2N5O3. The first kappa shape index (κ1) is 25.2. The Balaban J connectivity index is 1.68. The molecule has 2 heterocycles. The van der Waals surface area contributed by atoms with Crippen LogP contribution in [0, 0.1) is 11.6 Å². The minimum atomic E-state index is -2.35. The fourth-order valence-electron chi connectivity index (χ4n) is 4.55. The fourth-order valence-corrected chi connectivity index (χ4v) is 4.55. The van der Waals surface area contributed by atoms with Crippen LogP contribution < -0.4 is 5.32 Å². The van der Waals surface area contributed by atoms with Crippen LogP contribution in [0.5, 0.6) is 0 Å². The van der Waals surface area contributed by atoms with Crippen LogP contribution in [0.2, 0.25) is 0 Å². The molecule has 0 unspecified atom stereocenters. The molecule has 0 spiro atoms. The molecule has 5 aromatic rings. The van der Waals surface area contributed by atoms with Gasteiger partial charge in [0.25, 0.3) is 5.91 Å². The molecule has 0 saturated heterocycles. The van der Waals surface area contributed by atoms with E-state index in [0.717, 1.165) is 0 Å². The molecule has 8 nitrogen and oxygen atoms in total. The van der Waals surface area contributed by atoms with Crippen molar-refractivity contribution >= 4 is 22.8 Å². The predicted molar refractivity (Wildman–Crippen MR) is 138 cm³/mol. The first-order valence-corrected chi connectivity index (χ1v) is 12.1. The third kappa shape index (κ3) is 4.33. The number of benzene rings is 3. The lowest BCUT2D eigenvalue weighted by Crippen LogP contribution is -2.35. The van der Waals surface area contributed by atoms with Gasteiger partial charge >= 0.3 is 0 Å². The highest BCUT2D eigenvalue weighted by Crippen LogP contribution is 2.40. The molecule has 0 aliphatic rings. The van der Waals surface area contributed by atoms with E-state index in [0.29, 0.717) is 23.4 Å². The summed E-state index contributed by atoms with van der Waals surface area (Å²) in [5, 5.41) is 29.0. The molecule has 0 saturated carbocycles. The molecule has 0 aliphatic heterocycles. The Morgan fingerprint density at radius 1 is 1.00 bits per heavy atom. The van der Waals surface area contributed by atoms with E-state index < -0.39 is 23.1 Å². The first-order valence-electron chi connectivity index (χ1n) is 12.1. The van der Waals surface area contributed by atoms with E-state index in [4.69, 9.17) is 0 Å². The summed E-state index contributed by atoms with van der Waals surface area (Å²) in [6, 6.07) is 17.4. The van der Waals surface area contributed by atoms with Crippen molar-refractivity contribution in [2.75, 3.05) is 11.9 Å². The van der Waals surface area contributed by atoms with Crippen molar-refractivity contribution in [3.8, 4) is 0 Å². The minimum absolute atomic E-state index is 0.0526. The van der Waals surface area contributed by atoms with Crippen LogP contribution in [0.15, 0.2) is 79.0 Å². The summed E-state index contributed by atoms with van der Waals surface area (Å²) >= 11 is 0. The van der Waals surface area contributed by atoms with Gasteiger partial charge in [0.2, 0.25) is 0 Å². The molecule has 10 heteroatoms. The Labute approximate surface area is 216 Å². The molecule has 2 aromatic heterocycles. The smallest absolute Gasteiger partial charge is 0.256 e. The van der Waals surface area contributed by atoms with Crippen LogP contribution in [-0.4, -0.2) is 42.1 Å². The average molecular weight is 518 g/mol. The number of hydrogen-bond donors (Lipinski definition) is 3. The third-order valence-corrected chi connectivity index (χ3v) is 6.39. The second-order valence-corrected chi connectivity index (χ2v) is 8.70. The second-order valence-electron chi connectivity index (χ2n) is 8.70. The molecule has 0 fully saturated rings. The zero-order chi connectivity index (χ0) is 26.9. The number of imidazole rings is 1. The number of aliphatic hydroxyl groups is 2. The van der Waals surface area contributed by atoms with Crippen LogP contribution in [-0.2, 0) is 18.7 Å². The molecule has 0 atom stereocenters. The summed E-state index contributed by atoms with van der Waals surface area (Å²) in [5.74, 6) is -1.66. The van der Waals surface area contributed by atoms with E-state index >= 15 is 8.78 Å². The Bertz CT molecular complexity index is 1580. The number of amides is 1. The van der Waals surface area contributed by atoms with E-state index in [1.807, 2.05) is 6.92 Å². The maximum Gasteiger partial charge on any atom is 0.256 e. The molecule has 3 aromatic carbocycles. The number of anilines is 1. The summed E-state index contributed by atoms with van der Waals surface area (Å²) in [7, 11) is 0. The maximum absolute atomic E-state index is 15.1. The van der Waals surface area contributed by atoms with Crippen molar-refractivity contribution in [2.24, 2.45) is 0 Å². The minimum Gasteiger partial charge on any atom is -0.395 e. The SMILES string of the molecule is CCn1ccc(NC(=O)c2ccc3nc(C(O)(c4ccccc4F)c4ccccc4F)n(CCO)c3c2)n1. The van der Waals surface area contributed by atoms with Crippen molar-refractivity contribution in [3.63, 3.8) is 0 Å². The molecule has 0 aliphatic carbocycles.